The predicted molar refractivity (Wildman–Crippen MR) is 126 cm³/mol. The van der Waals surface area contributed by atoms with Crippen LogP contribution in [0, 0.1) is 34.1 Å². The summed E-state index contributed by atoms with van der Waals surface area (Å²) in [5.74, 6) is -1.69. The van der Waals surface area contributed by atoms with E-state index in [1.807, 2.05) is 13.8 Å². The molecule has 0 bridgehead atoms. The van der Waals surface area contributed by atoms with Gasteiger partial charge in [-0.05, 0) is 45.7 Å². The van der Waals surface area contributed by atoms with Gasteiger partial charge < -0.3 is 26.8 Å². The Morgan fingerprint density at radius 1 is 1.03 bits per heavy atom. The normalized spacial score (nSPS) is 12.3. The maximum atomic E-state index is 11.8. The van der Waals surface area contributed by atoms with Crippen molar-refractivity contribution in [2.75, 3.05) is 22.5 Å². The number of nitrogens with one attached hydrogen (secondary N) is 3. The molecule has 0 radical (unpaired) electrons. The number of carboxylic acid groups (broad SMARTS) is 1. The molecule has 0 aliphatic carbocycles. The van der Waals surface area contributed by atoms with E-state index < -0.39 is 45.2 Å². The zero-order valence-corrected chi connectivity index (χ0v) is 19.3. The third kappa shape index (κ3) is 7.48. The smallest absolute Gasteiger partial charge is 0.326 e. The van der Waals surface area contributed by atoms with Crippen LogP contribution in [-0.2, 0) is 9.59 Å². The number of aryl methyl sites for hydroxylation is 2. The van der Waals surface area contributed by atoms with E-state index in [4.69, 9.17) is 5.73 Å². The number of nitro groups is 2. The molecule has 1 heterocycles. The lowest BCUT2D eigenvalue weighted by molar-refractivity contribution is -0.393. The number of rotatable bonds is 13. The molecule has 2 aromatic rings. The van der Waals surface area contributed by atoms with Crippen molar-refractivity contribution in [3.05, 3.63) is 49.8 Å². The molecule has 35 heavy (non-hydrogen) atoms. The molecular formula is C20H26N8O7. The van der Waals surface area contributed by atoms with E-state index in [1.54, 1.807) is 6.07 Å². The summed E-state index contributed by atoms with van der Waals surface area (Å²) >= 11 is 0. The number of aliphatic carboxylic acids is 1. The van der Waals surface area contributed by atoms with Crippen LogP contribution in [0.1, 0.15) is 31.2 Å². The van der Waals surface area contributed by atoms with E-state index in [-0.39, 0.29) is 17.8 Å². The summed E-state index contributed by atoms with van der Waals surface area (Å²) in [7, 11) is 0. The highest BCUT2D eigenvalue weighted by Crippen LogP contribution is 2.37. The standard InChI is InChI=1S/C20H26N8O7/c1-10-7-11(2)24-20(23-10)22-6-4-5-13(19(30)31)26-15-8-14(25-12(3)18(21)29)16(27(32)33)9-17(15)28(34)35/h7-9,12-13,25-26H,4-6H2,1-3H3,(H2,21,29)(H,30,31)(H,22,23,24)/t12-,13+/m0/s1. The first-order chi connectivity index (χ1) is 16.4. The Hall–Kier alpha value is -4.56. The van der Waals surface area contributed by atoms with Crippen molar-refractivity contribution in [1.82, 2.24) is 9.97 Å². The summed E-state index contributed by atoms with van der Waals surface area (Å²) in [6, 6.07) is 1.24. The van der Waals surface area contributed by atoms with Crippen LogP contribution in [0.4, 0.5) is 28.7 Å². The Morgan fingerprint density at radius 3 is 2.06 bits per heavy atom. The first kappa shape index (κ1) is 26.7. The van der Waals surface area contributed by atoms with Crippen LogP contribution >= 0.6 is 0 Å². The maximum Gasteiger partial charge on any atom is 0.326 e. The van der Waals surface area contributed by atoms with E-state index in [1.165, 1.54) is 6.92 Å². The highest BCUT2D eigenvalue weighted by molar-refractivity contribution is 5.86. The van der Waals surface area contributed by atoms with Crippen LogP contribution in [-0.4, -0.2) is 55.4 Å². The van der Waals surface area contributed by atoms with Gasteiger partial charge in [-0.15, -0.1) is 0 Å². The fourth-order valence-corrected chi connectivity index (χ4v) is 3.17. The van der Waals surface area contributed by atoms with Gasteiger partial charge in [0.1, 0.15) is 23.5 Å². The van der Waals surface area contributed by atoms with Gasteiger partial charge in [0.25, 0.3) is 11.4 Å². The minimum Gasteiger partial charge on any atom is -0.480 e. The Morgan fingerprint density at radius 2 is 1.57 bits per heavy atom. The number of anilines is 3. The van der Waals surface area contributed by atoms with Gasteiger partial charge in [0, 0.05) is 17.9 Å². The molecule has 0 unspecified atom stereocenters. The van der Waals surface area contributed by atoms with Crippen molar-refractivity contribution in [2.24, 2.45) is 5.73 Å². The van der Waals surface area contributed by atoms with Crippen LogP contribution in [0.5, 0.6) is 0 Å². The second-order valence-electron chi connectivity index (χ2n) is 7.75. The third-order valence-electron chi connectivity index (χ3n) is 4.87. The van der Waals surface area contributed by atoms with Crippen molar-refractivity contribution in [1.29, 1.82) is 0 Å². The molecule has 0 saturated heterocycles. The highest BCUT2D eigenvalue weighted by atomic mass is 16.6. The number of nitrogens with two attached hydrogens (primary N) is 1. The summed E-state index contributed by atoms with van der Waals surface area (Å²) in [5.41, 5.74) is 4.87. The summed E-state index contributed by atoms with van der Waals surface area (Å²) in [5, 5.41) is 40.7. The number of hydrogen-bond acceptors (Lipinski definition) is 11. The lowest BCUT2D eigenvalue weighted by Crippen LogP contribution is -2.33. The molecule has 6 N–H and O–H groups in total. The number of amides is 1. The van der Waals surface area contributed by atoms with Crippen molar-refractivity contribution >= 4 is 40.6 Å². The summed E-state index contributed by atoms with van der Waals surface area (Å²) in [6.07, 6.45) is 0.395. The second-order valence-corrected chi connectivity index (χ2v) is 7.75. The zero-order valence-electron chi connectivity index (χ0n) is 19.3. The molecule has 0 saturated carbocycles. The molecule has 0 fully saturated rings. The maximum absolute atomic E-state index is 11.8. The van der Waals surface area contributed by atoms with Gasteiger partial charge in [0.2, 0.25) is 11.9 Å². The average molecular weight is 490 g/mol. The molecular weight excluding hydrogens is 464 g/mol. The van der Waals surface area contributed by atoms with E-state index in [0.717, 1.165) is 17.5 Å². The van der Waals surface area contributed by atoms with E-state index in [2.05, 4.69) is 25.9 Å². The molecule has 0 aliphatic heterocycles. The molecule has 1 aromatic carbocycles. The highest BCUT2D eigenvalue weighted by Gasteiger charge is 2.28. The lowest BCUT2D eigenvalue weighted by Gasteiger charge is -2.18. The largest absolute Gasteiger partial charge is 0.480 e. The first-order valence-corrected chi connectivity index (χ1v) is 10.5. The van der Waals surface area contributed by atoms with Crippen molar-refractivity contribution < 1.29 is 24.5 Å². The van der Waals surface area contributed by atoms with Crippen LogP contribution in [0.25, 0.3) is 0 Å². The molecule has 0 spiro atoms. The second kappa shape index (κ2) is 11.5. The Labute approximate surface area is 199 Å². The number of carbonyl (C=O) groups excluding carboxylic acids is 1. The summed E-state index contributed by atoms with van der Waals surface area (Å²) in [4.78, 5) is 52.9. The van der Waals surface area contributed by atoms with Crippen LogP contribution in [0.15, 0.2) is 18.2 Å². The topological polar surface area (TPSA) is 229 Å². The van der Waals surface area contributed by atoms with Gasteiger partial charge in [-0.25, -0.2) is 14.8 Å². The van der Waals surface area contributed by atoms with Gasteiger partial charge in [-0.1, -0.05) is 0 Å². The van der Waals surface area contributed by atoms with Crippen molar-refractivity contribution in [2.45, 2.75) is 45.7 Å². The fraction of sp³-hybridized carbons (Fsp3) is 0.400. The van der Waals surface area contributed by atoms with Gasteiger partial charge in [-0.3, -0.25) is 25.0 Å². The molecule has 15 nitrogen and oxygen atoms in total. The molecule has 2 atom stereocenters. The number of hydrogen-bond donors (Lipinski definition) is 5. The quantitative estimate of drug-likeness (QED) is 0.154. The zero-order chi connectivity index (χ0) is 26.3. The number of carbonyl (C=O) groups is 2. The van der Waals surface area contributed by atoms with Crippen molar-refractivity contribution in [3.8, 4) is 0 Å². The predicted octanol–water partition coefficient (Wildman–Crippen LogP) is 1.95. The Kier molecular flexibility index (Phi) is 8.79. The SMILES string of the molecule is Cc1cc(C)nc(NCCC[C@@H](Nc2cc(N[C@@H](C)C(N)=O)c([N+](=O)[O-])cc2[N+](=O)[O-])C(=O)O)n1. The number of nitrogens with zero attached hydrogens (tertiary/aromatic N) is 4. The van der Waals surface area contributed by atoms with Gasteiger partial charge >= 0.3 is 5.97 Å². The van der Waals surface area contributed by atoms with Crippen LogP contribution in [0.2, 0.25) is 0 Å². The average Bonchev–Trinajstić information content (AvgIpc) is 2.74. The molecule has 15 heteroatoms. The number of aromatic nitrogens is 2. The molecule has 0 aliphatic rings. The minimum absolute atomic E-state index is 0.0573. The van der Waals surface area contributed by atoms with E-state index >= 15 is 0 Å². The van der Waals surface area contributed by atoms with E-state index in [9.17, 15) is 34.9 Å². The number of primary amides is 1. The third-order valence-corrected chi connectivity index (χ3v) is 4.87. The van der Waals surface area contributed by atoms with Crippen molar-refractivity contribution in [3.63, 3.8) is 0 Å². The van der Waals surface area contributed by atoms with Crippen LogP contribution in [0.3, 0.4) is 0 Å². The number of carboxylic acids is 1. The fourth-order valence-electron chi connectivity index (χ4n) is 3.17. The molecule has 1 aromatic heterocycles. The Balaban J connectivity index is 2.23. The molecule has 1 amide bonds. The monoisotopic (exact) mass is 490 g/mol. The lowest BCUT2D eigenvalue weighted by atomic mass is 10.1. The first-order valence-electron chi connectivity index (χ1n) is 10.5. The van der Waals surface area contributed by atoms with Gasteiger partial charge in [-0.2, -0.15) is 0 Å². The van der Waals surface area contributed by atoms with Gasteiger partial charge in [0.15, 0.2) is 0 Å². The Bertz CT molecular complexity index is 1120. The van der Waals surface area contributed by atoms with Crippen LogP contribution < -0.4 is 21.7 Å². The van der Waals surface area contributed by atoms with Gasteiger partial charge in [0.05, 0.1) is 15.9 Å². The number of nitro benzene ring substituents is 2. The van der Waals surface area contributed by atoms with E-state index in [0.29, 0.717) is 25.0 Å². The molecule has 2 rings (SSSR count). The number of benzene rings is 1. The minimum atomic E-state index is -1.28. The summed E-state index contributed by atoms with van der Waals surface area (Å²) < 4.78 is 0. The summed E-state index contributed by atoms with van der Waals surface area (Å²) in [6.45, 7) is 5.32. The molecule has 188 valence electrons.